The van der Waals surface area contributed by atoms with Crippen molar-refractivity contribution in [3.63, 3.8) is 0 Å². The van der Waals surface area contributed by atoms with Gasteiger partial charge in [-0.15, -0.1) is 0 Å². The quantitative estimate of drug-likeness (QED) is 0.622. The summed E-state index contributed by atoms with van der Waals surface area (Å²) < 4.78 is 2.00. The van der Waals surface area contributed by atoms with Gasteiger partial charge < -0.3 is 16.2 Å². The van der Waals surface area contributed by atoms with Gasteiger partial charge in [0.1, 0.15) is 5.82 Å². The molecule has 0 atom stereocenters. The first-order valence-electron chi connectivity index (χ1n) is 8.48. The standard InChI is InChI=1S/C18H22N6O2/c1-4-7-24-11(3)14(10(2)23-24)9-20-16-13-8-12(17(25)26)5-6-15(13)21-18(19)22-16/h5-6,8H,4,7,9H2,1-3H3,(H,25,26)(H3,19,20,21,22). The lowest BCUT2D eigenvalue weighted by Crippen LogP contribution is -2.08. The summed E-state index contributed by atoms with van der Waals surface area (Å²) in [4.78, 5) is 19.7. The number of rotatable bonds is 6. The molecule has 2 heterocycles. The highest BCUT2D eigenvalue weighted by atomic mass is 16.4. The Labute approximate surface area is 151 Å². The molecule has 26 heavy (non-hydrogen) atoms. The number of nitrogens with two attached hydrogens (primary N) is 1. The number of nitrogens with one attached hydrogen (secondary N) is 1. The minimum Gasteiger partial charge on any atom is -0.478 e. The van der Waals surface area contributed by atoms with Crippen molar-refractivity contribution in [2.75, 3.05) is 11.1 Å². The van der Waals surface area contributed by atoms with Gasteiger partial charge in [-0.1, -0.05) is 6.92 Å². The number of benzene rings is 1. The largest absolute Gasteiger partial charge is 0.478 e. The summed E-state index contributed by atoms with van der Waals surface area (Å²) in [5.74, 6) is -0.349. The van der Waals surface area contributed by atoms with Gasteiger partial charge in [0.2, 0.25) is 5.95 Å². The molecule has 136 valence electrons. The van der Waals surface area contributed by atoms with Gasteiger partial charge in [0.25, 0.3) is 0 Å². The lowest BCUT2D eigenvalue weighted by atomic mass is 10.1. The second kappa shape index (κ2) is 6.99. The van der Waals surface area contributed by atoms with Gasteiger partial charge in [-0.05, 0) is 38.5 Å². The average Bonchev–Trinajstić information content (AvgIpc) is 2.86. The third-order valence-corrected chi connectivity index (χ3v) is 4.36. The van der Waals surface area contributed by atoms with Crippen LogP contribution >= 0.6 is 0 Å². The third-order valence-electron chi connectivity index (χ3n) is 4.36. The maximum Gasteiger partial charge on any atom is 0.335 e. The van der Waals surface area contributed by atoms with Crippen LogP contribution < -0.4 is 11.1 Å². The summed E-state index contributed by atoms with van der Waals surface area (Å²) >= 11 is 0. The van der Waals surface area contributed by atoms with E-state index >= 15 is 0 Å². The number of nitrogen functional groups attached to an aromatic ring is 1. The molecule has 0 fully saturated rings. The zero-order valence-corrected chi connectivity index (χ0v) is 15.1. The SMILES string of the molecule is CCCn1nc(C)c(CNc2nc(N)nc3ccc(C(=O)O)cc23)c1C. The Morgan fingerprint density at radius 2 is 2.08 bits per heavy atom. The average molecular weight is 354 g/mol. The number of aryl methyl sites for hydroxylation is 2. The maximum absolute atomic E-state index is 11.3. The normalized spacial score (nSPS) is 11.0. The fourth-order valence-corrected chi connectivity index (χ4v) is 3.01. The lowest BCUT2D eigenvalue weighted by Gasteiger charge is -2.11. The number of aromatic carboxylic acids is 1. The molecule has 0 radical (unpaired) electrons. The molecule has 3 rings (SSSR count). The predicted molar refractivity (Wildman–Crippen MR) is 100 cm³/mol. The number of carbonyl (C=O) groups is 1. The summed E-state index contributed by atoms with van der Waals surface area (Å²) in [7, 11) is 0. The van der Waals surface area contributed by atoms with Crippen molar-refractivity contribution >= 4 is 28.6 Å². The topological polar surface area (TPSA) is 119 Å². The molecule has 4 N–H and O–H groups in total. The van der Waals surface area contributed by atoms with E-state index in [9.17, 15) is 9.90 Å². The van der Waals surface area contributed by atoms with E-state index in [1.54, 1.807) is 12.1 Å². The lowest BCUT2D eigenvalue weighted by molar-refractivity contribution is 0.0697. The monoisotopic (exact) mass is 354 g/mol. The Morgan fingerprint density at radius 1 is 1.31 bits per heavy atom. The van der Waals surface area contributed by atoms with E-state index in [-0.39, 0.29) is 11.5 Å². The number of hydrogen-bond acceptors (Lipinski definition) is 6. The zero-order chi connectivity index (χ0) is 18.8. The van der Waals surface area contributed by atoms with Gasteiger partial charge in [-0.3, -0.25) is 4.68 Å². The highest BCUT2D eigenvalue weighted by Crippen LogP contribution is 2.24. The van der Waals surface area contributed by atoms with Crippen LogP contribution in [0.2, 0.25) is 0 Å². The predicted octanol–water partition coefficient (Wildman–Crippen LogP) is 2.75. The van der Waals surface area contributed by atoms with Crippen molar-refractivity contribution in [3.05, 3.63) is 40.7 Å². The van der Waals surface area contributed by atoms with Crippen LogP contribution in [0.15, 0.2) is 18.2 Å². The summed E-state index contributed by atoms with van der Waals surface area (Å²) in [5, 5.41) is 17.7. The molecule has 2 aromatic heterocycles. The molecule has 0 unspecified atom stereocenters. The van der Waals surface area contributed by atoms with Crippen molar-refractivity contribution in [2.24, 2.45) is 0 Å². The molecule has 8 nitrogen and oxygen atoms in total. The van der Waals surface area contributed by atoms with Gasteiger partial charge in [0.05, 0.1) is 16.8 Å². The molecular weight excluding hydrogens is 332 g/mol. The number of nitrogens with zero attached hydrogens (tertiary/aromatic N) is 4. The van der Waals surface area contributed by atoms with Crippen LogP contribution in [0.1, 0.15) is 40.7 Å². The third kappa shape index (κ3) is 3.30. The van der Waals surface area contributed by atoms with E-state index in [1.807, 2.05) is 18.5 Å². The molecule has 3 aromatic rings. The van der Waals surface area contributed by atoms with E-state index in [0.717, 1.165) is 29.9 Å². The van der Waals surface area contributed by atoms with Crippen LogP contribution in [0.5, 0.6) is 0 Å². The Morgan fingerprint density at radius 3 is 2.77 bits per heavy atom. The number of anilines is 2. The van der Waals surface area contributed by atoms with Crippen LogP contribution in [0, 0.1) is 13.8 Å². The highest BCUT2D eigenvalue weighted by Gasteiger charge is 2.14. The van der Waals surface area contributed by atoms with Crippen LogP contribution in [-0.4, -0.2) is 30.8 Å². The second-order valence-electron chi connectivity index (χ2n) is 6.19. The Balaban J connectivity index is 1.96. The zero-order valence-electron chi connectivity index (χ0n) is 15.1. The second-order valence-corrected chi connectivity index (χ2v) is 6.19. The van der Waals surface area contributed by atoms with E-state index < -0.39 is 5.97 Å². The first-order valence-corrected chi connectivity index (χ1v) is 8.48. The molecular formula is C18H22N6O2. The van der Waals surface area contributed by atoms with E-state index in [4.69, 9.17) is 5.73 Å². The summed E-state index contributed by atoms with van der Waals surface area (Å²) in [6.07, 6.45) is 1.01. The fourth-order valence-electron chi connectivity index (χ4n) is 3.01. The molecule has 0 aliphatic heterocycles. The number of fused-ring (bicyclic) bond motifs is 1. The molecule has 0 aliphatic carbocycles. The Hall–Kier alpha value is -3.16. The smallest absolute Gasteiger partial charge is 0.335 e. The molecule has 0 saturated heterocycles. The van der Waals surface area contributed by atoms with Crippen molar-refractivity contribution in [1.82, 2.24) is 19.7 Å². The molecule has 0 bridgehead atoms. The van der Waals surface area contributed by atoms with Gasteiger partial charge in [0.15, 0.2) is 0 Å². The van der Waals surface area contributed by atoms with Crippen molar-refractivity contribution < 1.29 is 9.90 Å². The molecule has 0 saturated carbocycles. The number of aromatic nitrogens is 4. The van der Waals surface area contributed by atoms with Crippen LogP contribution in [0.4, 0.5) is 11.8 Å². The molecule has 0 spiro atoms. The minimum atomic E-state index is -0.998. The van der Waals surface area contributed by atoms with E-state index in [0.29, 0.717) is 23.3 Å². The first-order chi connectivity index (χ1) is 12.4. The minimum absolute atomic E-state index is 0.137. The molecule has 0 aliphatic rings. The first kappa shape index (κ1) is 17.7. The number of carboxylic acids is 1. The van der Waals surface area contributed by atoms with Crippen LogP contribution in [0.3, 0.4) is 0 Å². The molecule has 0 amide bonds. The van der Waals surface area contributed by atoms with Crippen molar-refractivity contribution in [3.8, 4) is 0 Å². The fraction of sp³-hybridized carbons (Fsp3) is 0.333. The maximum atomic E-state index is 11.3. The molecule has 1 aromatic carbocycles. The van der Waals surface area contributed by atoms with Gasteiger partial charge in [-0.25, -0.2) is 9.78 Å². The van der Waals surface area contributed by atoms with Crippen LogP contribution in [0.25, 0.3) is 10.9 Å². The van der Waals surface area contributed by atoms with Crippen LogP contribution in [-0.2, 0) is 13.1 Å². The van der Waals surface area contributed by atoms with Crippen molar-refractivity contribution in [2.45, 2.75) is 40.3 Å². The number of carboxylic acid groups (broad SMARTS) is 1. The van der Waals surface area contributed by atoms with Gasteiger partial charge >= 0.3 is 5.97 Å². The highest BCUT2D eigenvalue weighted by molar-refractivity contribution is 5.97. The van der Waals surface area contributed by atoms with Gasteiger partial charge in [0, 0.05) is 29.7 Å². The summed E-state index contributed by atoms with van der Waals surface area (Å²) in [5.41, 5.74) is 9.74. The summed E-state index contributed by atoms with van der Waals surface area (Å²) in [6.45, 7) is 7.53. The summed E-state index contributed by atoms with van der Waals surface area (Å²) in [6, 6.07) is 4.70. The Bertz CT molecular complexity index is 979. The Kier molecular flexibility index (Phi) is 4.75. The van der Waals surface area contributed by atoms with E-state index in [2.05, 4.69) is 27.3 Å². The number of hydrogen-bond donors (Lipinski definition) is 3. The molecule has 8 heteroatoms. The van der Waals surface area contributed by atoms with E-state index in [1.165, 1.54) is 6.07 Å². The van der Waals surface area contributed by atoms with Gasteiger partial charge in [-0.2, -0.15) is 10.1 Å². The van der Waals surface area contributed by atoms with Crippen molar-refractivity contribution in [1.29, 1.82) is 0 Å².